The molecule has 0 saturated heterocycles. The minimum absolute atomic E-state index is 0.138. The van der Waals surface area contributed by atoms with Crippen LogP contribution in [0.3, 0.4) is 0 Å². The van der Waals surface area contributed by atoms with Gasteiger partial charge in [0.15, 0.2) is 0 Å². The topological polar surface area (TPSA) is 78.4 Å². The molecule has 3 N–H and O–H groups in total. The Kier molecular flexibility index (Phi) is 6.61. The Labute approximate surface area is 125 Å². The maximum absolute atomic E-state index is 11.6. The van der Waals surface area contributed by atoms with Gasteiger partial charge >= 0.3 is 12.0 Å². The van der Waals surface area contributed by atoms with Crippen LogP contribution < -0.4 is 10.6 Å². The number of carbonyl (C=O) groups excluding carboxylic acids is 1. The molecule has 0 aliphatic carbocycles. The van der Waals surface area contributed by atoms with Gasteiger partial charge in [-0.15, -0.1) is 0 Å². The maximum atomic E-state index is 11.6. The van der Waals surface area contributed by atoms with Crippen LogP contribution in [0.25, 0.3) is 0 Å². The minimum Gasteiger partial charge on any atom is -0.481 e. The van der Waals surface area contributed by atoms with E-state index in [0.717, 1.165) is 9.99 Å². The van der Waals surface area contributed by atoms with Crippen molar-refractivity contribution in [3.63, 3.8) is 0 Å². The lowest BCUT2D eigenvalue weighted by atomic mass is 10.0. The molecule has 0 radical (unpaired) electrons. The second kappa shape index (κ2) is 7.98. The predicted octanol–water partition coefficient (Wildman–Crippen LogP) is 2.91. The highest BCUT2D eigenvalue weighted by Gasteiger charge is 2.17. The number of rotatable bonds is 6. The second-order valence-electron chi connectivity index (χ2n) is 4.17. The van der Waals surface area contributed by atoms with Gasteiger partial charge in [-0.05, 0) is 47.2 Å². The molecule has 1 unspecified atom stereocenters. The second-order valence-corrected chi connectivity index (χ2v) is 5.41. The highest BCUT2D eigenvalue weighted by molar-refractivity contribution is 14.1. The van der Waals surface area contributed by atoms with Gasteiger partial charge in [-0.25, -0.2) is 4.79 Å². The van der Waals surface area contributed by atoms with Gasteiger partial charge in [-0.3, -0.25) is 4.79 Å². The number of halogens is 1. The van der Waals surface area contributed by atoms with Crippen LogP contribution in [0.1, 0.15) is 19.8 Å². The Hall–Kier alpha value is -1.31. The van der Waals surface area contributed by atoms with Gasteiger partial charge in [-0.2, -0.15) is 0 Å². The molecule has 0 aliphatic rings. The number of aliphatic carboxylic acids is 1. The van der Waals surface area contributed by atoms with Crippen molar-refractivity contribution in [2.24, 2.45) is 5.92 Å². The van der Waals surface area contributed by atoms with Crippen molar-refractivity contribution in [1.29, 1.82) is 0 Å². The van der Waals surface area contributed by atoms with Crippen molar-refractivity contribution < 1.29 is 14.7 Å². The summed E-state index contributed by atoms with van der Waals surface area (Å²) in [6.07, 6.45) is 1.33. The summed E-state index contributed by atoms with van der Waals surface area (Å²) in [6, 6.07) is 6.99. The molecule has 0 aromatic heterocycles. The number of carboxylic acid groups (broad SMARTS) is 1. The number of nitrogens with one attached hydrogen (secondary N) is 2. The number of anilines is 1. The van der Waals surface area contributed by atoms with E-state index >= 15 is 0 Å². The van der Waals surface area contributed by atoms with Gasteiger partial charge in [0.2, 0.25) is 0 Å². The van der Waals surface area contributed by atoms with Gasteiger partial charge in [-0.1, -0.05) is 19.4 Å². The van der Waals surface area contributed by atoms with Crippen LogP contribution in [0.4, 0.5) is 10.5 Å². The van der Waals surface area contributed by atoms with E-state index in [4.69, 9.17) is 5.11 Å². The fraction of sp³-hybridized carbons (Fsp3) is 0.385. The summed E-state index contributed by atoms with van der Waals surface area (Å²) in [5.74, 6) is -1.41. The summed E-state index contributed by atoms with van der Waals surface area (Å²) in [6.45, 7) is 2.06. The fourth-order valence-electron chi connectivity index (χ4n) is 1.62. The Morgan fingerprint density at radius 2 is 2.16 bits per heavy atom. The third kappa shape index (κ3) is 5.91. The van der Waals surface area contributed by atoms with E-state index in [-0.39, 0.29) is 12.6 Å². The van der Waals surface area contributed by atoms with Gasteiger partial charge in [0.25, 0.3) is 0 Å². The lowest BCUT2D eigenvalue weighted by Crippen LogP contribution is -2.35. The molecule has 1 rings (SSSR count). The molecule has 104 valence electrons. The normalized spacial score (nSPS) is 11.7. The predicted molar refractivity (Wildman–Crippen MR) is 82.2 cm³/mol. The molecule has 1 aromatic rings. The van der Waals surface area contributed by atoms with Crippen LogP contribution in [0.2, 0.25) is 0 Å². The third-order valence-corrected chi connectivity index (χ3v) is 3.25. The van der Waals surface area contributed by atoms with Crippen LogP contribution in [-0.2, 0) is 4.79 Å². The molecule has 0 fully saturated rings. The first-order valence-corrected chi connectivity index (χ1v) is 7.14. The summed E-state index contributed by atoms with van der Waals surface area (Å²) in [5, 5.41) is 14.2. The summed E-state index contributed by atoms with van der Waals surface area (Å²) in [7, 11) is 0. The Bertz CT molecular complexity index is 451. The number of hydrogen-bond acceptors (Lipinski definition) is 2. The Balaban J connectivity index is 2.45. The van der Waals surface area contributed by atoms with Crippen LogP contribution in [0.15, 0.2) is 24.3 Å². The zero-order valence-corrected chi connectivity index (χ0v) is 12.8. The minimum atomic E-state index is -0.878. The molecule has 0 aliphatic heterocycles. The van der Waals surface area contributed by atoms with E-state index in [0.29, 0.717) is 12.1 Å². The number of carbonyl (C=O) groups is 2. The van der Waals surface area contributed by atoms with E-state index < -0.39 is 11.9 Å². The number of urea groups is 1. The highest BCUT2D eigenvalue weighted by Crippen LogP contribution is 2.12. The lowest BCUT2D eigenvalue weighted by molar-refractivity contribution is -0.141. The molecule has 19 heavy (non-hydrogen) atoms. The summed E-state index contributed by atoms with van der Waals surface area (Å²) in [5.41, 5.74) is 0.687. The van der Waals surface area contributed by atoms with E-state index in [2.05, 4.69) is 33.2 Å². The third-order valence-electron chi connectivity index (χ3n) is 2.58. The first-order chi connectivity index (χ1) is 9.02. The van der Waals surface area contributed by atoms with Crippen LogP contribution in [0, 0.1) is 9.49 Å². The summed E-state index contributed by atoms with van der Waals surface area (Å²) in [4.78, 5) is 22.6. The molecule has 0 bridgehead atoms. The van der Waals surface area contributed by atoms with E-state index in [1.165, 1.54) is 0 Å². The molecule has 0 heterocycles. The number of carboxylic acids is 1. The zero-order valence-electron chi connectivity index (χ0n) is 10.6. The average Bonchev–Trinajstić information content (AvgIpc) is 2.34. The standard InChI is InChI=1S/C13H17IN2O3/c1-2-4-9(12(17)18)8-15-13(19)16-11-6-3-5-10(14)7-11/h3,5-7,9H,2,4,8H2,1H3,(H,17,18)(H2,15,16,19). The SMILES string of the molecule is CCCC(CNC(=O)Nc1cccc(I)c1)C(=O)O. The Morgan fingerprint density at radius 3 is 2.74 bits per heavy atom. The zero-order chi connectivity index (χ0) is 14.3. The van der Waals surface area contributed by atoms with E-state index in [1.54, 1.807) is 6.07 Å². The monoisotopic (exact) mass is 376 g/mol. The smallest absolute Gasteiger partial charge is 0.319 e. The van der Waals surface area contributed by atoms with Crippen molar-refractivity contribution >= 4 is 40.3 Å². The van der Waals surface area contributed by atoms with E-state index in [1.807, 2.05) is 25.1 Å². The molecule has 0 spiro atoms. The summed E-state index contributed by atoms with van der Waals surface area (Å²) < 4.78 is 1.02. The molecule has 1 aromatic carbocycles. The van der Waals surface area contributed by atoms with Crippen molar-refractivity contribution in [2.75, 3.05) is 11.9 Å². The number of hydrogen-bond donors (Lipinski definition) is 3. The van der Waals surface area contributed by atoms with Crippen LogP contribution in [-0.4, -0.2) is 23.7 Å². The molecule has 6 heteroatoms. The van der Waals surface area contributed by atoms with Crippen molar-refractivity contribution in [2.45, 2.75) is 19.8 Å². The number of amides is 2. The maximum Gasteiger partial charge on any atom is 0.319 e. The van der Waals surface area contributed by atoms with Gasteiger partial charge in [0, 0.05) is 15.8 Å². The Morgan fingerprint density at radius 1 is 1.42 bits per heavy atom. The molecule has 0 saturated carbocycles. The molecule has 1 atom stereocenters. The van der Waals surface area contributed by atoms with Crippen molar-refractivity contribution in [1.82, 2.24) is 5.32 Å². The molecular formula is C13H17IN2O3. The quantitative estimate of drug-likeness (QED) is 0.668. The average molecular weight is 376 g/mol. The van der Waals surface area contributed by atoms with Gasteiger partial charge < -0.3 is 15.7 Å². The number of benzene rings is 1. The molecule has 5 nitrogen and oxygen atoms in total. The van der Waals surface area contributed by atoms with Crippen molar-refractivity contribution in [3.8, 4) is 0 Å². The fourth-order valence-corrected chi connectivity index (χ4v) is 2.16. The van der Waals surface area contributed by atoms with Crippen LogP contribution >= 0.6 is 22.6 Å². The summed E-state index contributed by atoms with van der Waals surface area (Å²) >= 11 is 2.15. The van der Waals surface area contributed by atoms with Crippen LogP contribution in [0.5, 0.6) is 0 Å². The molecular weight excluding hydrogens is 359 g/mol. The lowest BCUT2D eigenvalue weighted by Gasteiger charge is -2.13. The largest absolute Gasteiger partial charge is 0.481 e. The van der Waals surface area contributed by atoms with E-state index in [9.17, 15) is 9.59 Å². The first-order valence-electron chi connectivity index (χ1n) is 6.06. The van der Waals surface area contributed by atoms with Gasteiger partial charge in [0.05, 0.1) is 5.92 Å². The van der Waals surface area contributed by atoms with Gasteiger partial charge in [0.1, 0.15) is 0 Å². The highest BCUT2D eigenvalue weighted by atomic mass is 127. The van der Waals surface area contributed by atoms with Crippen molar-refractivity contribution in [3.05, 3.63) is 27.8 Å². The molecule has 2 amide bonds. The first kappa shape index (κ1) is 15.7.